The highest BCUT2D eigenvalue weighted by Gasteiger charge is 2.29. The van der Waals surface area contributed by atoms with Crippen molar-refractivity contribution in [2.45, 2.75) is 26.1 Å². The first kappa shape index (κ1) is 17.1. The Morgan fingerprint density at radius 1 is 1.12 bits per heavy atom. The van der Waals surface area contributed by atoms with Gasteiger partial charge in [-0.1, -0.05) is 41.9 Å². The molecule has 0 spiro atoms. The number of morpholine rings is 1. The molecule has 2 atom stereocenters. The highest BCUT2D eigenvalue weighted by Crippen LogP contribution is 2.35. The Hall–Kier alpha value is -2.30. The van der Waals surface area contributed by atoms with Gasteiger partial charge in [-0.3, -0.25) is 4.79 Å². The summed E-state index contributed by atoms with van der Waals surface area (Å²) in [6, 6.07) is 15.6. The smallest absolute Gasteiger partial charge is 0.271 e. The predicted molar refractivity (Wildman–Crippen MR) is 105 cm³/mol. The van der Waals surface area contributed by atoms with E-state index in [4.69, 9.17) is 16.3 Å². The maximum Gasteiger partial charge on any atom is 0.271 e. The number of fused-ring (bicyclic) bond motifs is 1. The molecule has 134 valence electrons. The summed E-state index contributed by atoms with van der Waals surface area (Å²) in [6.45, 7) is 5.18. The van der Waals surface area contributed by atoms with E-state index in [1.165, 1.54) is 0 Å². The van der Waals surface area contributed by atoms with Gasteiger partial charge < -0.3 is 14.6 Å². The molecule has 0 unspecified atom stereocenters. The van der Waals surface area contributed by atoms with Gasteiger partial charge in [-0.15, -0.1) is 0 Å². The Labute approximate surface area is 157 Å². The summed E-state index contributed by atoms with van der Waals surface area (Å²) in [6.07, 6.45) is 0.0587. The van der Waals surface area contributed by atoms with Crippen LogP contribution in [-0.4, -0.2) is 41.1 Å². The van der Waals surface area contributed by atoms with Gasteiger partial charge in [0.25, 0.3) is 5.91 Å². The summed E-state index contributed by atoms with van der Waals surface area (Å²) in [5.41, 5.74) is 3.42. The minimum atomic E-state index is -0.00169. The molecular formula is C21H21ClN2O2. The standard InChI is InChI=1S/C21H21ClN2O2/c1-13-11-24(12-14(2)26-13)21(25)20-19(15-6-4-3-5-7-15)17-10-16(22)8-9-18(17)23-20/h3-10,13-14,23H,11-12H2,1-2H3/t13-,14+. The van der Waals surface area contributed by atoms with Crippen LogP contribution in [0.5, 0.6) is 0 Å². The molecular weight excluding hydrogens is 348 g/mol. The van der Waals surface area contributed by atoms with Crippen molar-refractivity contribution < 1.29 is 9.53 Å². The second kappa shape index (κ2) is 6.78. The number of ether oxygens (including phenoxy) is 1. The van der Waals surface area contributed by atoms with Crippen LogP contribution in [-0.2, 0) is 4.74 Å². The van der Waals surface area contributed by atoms with Gasteiger partial charge in [-0.05, 0) is 37.6 Å². The Morgan fingerprint density at radius 2 is 1.81 bits per heavy atom. The number of hydrogen-bond acceptors (Lipinski definition) is 2. The molecule has 5 heteroatoms. The third-order valence-electron chi connectivity index (χ3n) is 4.74. The van der Waals surface area contributed by atoms with Crippen LogP contribution in [0.1, 0.15) is 24.3 Å². The molecule has 1 fully saturated rings. The average Bonchev–Trinajstić information content (AvgIpc) is 2.99. The third kappa shape index (κ3) is 3.11. The lowest BCUT2D eigenvalue weighted by atomic mass is 10.0. The van der Waals surface area contributed by atoms with Gasteiger partial charge in [0.2, 0.25) is 0 Å². The number of aromatic amines is 1. The van der Waals surface area contributed by atoms with Crippen molar-refractivity contribution in [3.05, 3.63) is 59.2 Å². The number of halogens is 1. The summed E-state index contributed by atoms with van der Waals surface area (Å²) in [5.74, 6) is -0.00169. The molecule has 0 bridgehead atoms. The number of hydrogen-bond donors (Lipinski definition) is 1. The normalized spacial score (nSPS) is 20.5. The molecule has 0 radical (unpaired) electrons. The second-order valence-electron chi connectivity index (χ2n) is 6.90. The fraction of sp³-hybridized carbons (Fsp3) is 0.286. The van der Waals surface area contributed by atoms with Gasteiger partial charge in [-0.25, -0.2) is 0 Å². The predicted octanol–water partition coefficient (Wildman–Crippen LogP) is 4.74. The number of carbonyl (C=O) groups excluding carboxylic acids is 1. The number of H-pyrrole nitrogens is 1. The van der Waals surface area contributed by atoms with Gasteiger partial charge in [0, 0.05) is 34.6 Å². The molecule has 1 amide bonds. The van der Waals surface area contributed by atoms with Crippen molar-refractivity contribution in [2.75, 3.05) is 13.1 Å². The molecule has 4 nitrogen and oxygen atoms in total. The summed E-state index contributed by atoms with van der Waals surface area (Å²) in [7, 11) is 0. The molecule has 1 N–H and O–H groups in total. The van der Waals surface area contributed by atoms with E-state index in [0.29, 0.717) is 23.8 Å². The van der Waals surface area contributed by atoms with Crippen LogP contribution >= 0.6 is 11.6 Å². The lowest BCUT2D eigenvalue weighted by Crippen LogP contribution is -2.48. The van der Waals surface area contributed by atoms with E-state index in [2.05, 4.69) is 4.98 Å². The molecule has 2 heterocycles. The molecule has 1 aliphatic heterocycles. The van der Waals surface area contributed by atoms with Crippen molar-refractivity contribution in [3.8, 4) is 11.1 Å². The Morgan fingerprint density at radius 3 is 2.50 bits per heavy atom. The van der Waals surface area contributed by atoms with Gasteiger partial charge in [0.15, 0.2) is 0 Å². The first-order valence-corrected chi connectivity index (χ1v) is 9.22. The number of carbonyl (C=O) groups is 1. The molecule has 1 aromatic heterocycles. The monoisotopic (exact) mass is 368 g/mol. The lowest BCUT2D eigenvalue weighted by molar-refractivity contribution is -0.0587. The summed E-state index contributed by atoms with van der Waals surface area (Å²) >= 11 is 6.23. The Kier molecular flexibility index (Phi) is 4.47. The topological polar surface area (TPSA) is 45.3 Å². The number of rotatable bonds is 2. The van der Waals surface area contributed by atoms with Crippen LogP contribution in [0.25, 0.3) is 22.0 Å². The van der Waals surface area contributed by atoms with Gasteiger partial charge in [0.1, 0.15) is 5.69 Å². The minimum absolute atomic E-state index is 0.00169. The summed E-state index contributed by atoms with van der Waals surface area (Å²) in [5, 5.41) is 1.61. The van der Waals surface area contributed by atoms with Crippen molar-refractivity contribution >= 4 is 28.4 Å². The molecule has 3 aromatic rings. The fourth-order valence-electron chi connectivity index (χ4n) is 3.73. The van der Waals surface area contributed by atoms with Crippen LogP contribution in [0.15, 0.2) is 48.5 Å². The van der Waals surface area contributed by atoms with Crippen molar-refractivity contribution in [2.24, 2.45) is 0 Å². The van der Waals surface area contributed by atoms with Crippen molar-refractivity contribution in [3.63, 3.8) is 0 Å². The van der Waals surface area contributed by atoms with E-state index in [9.17, 15) is 4.79 Å². The van der Waals surface area contributed by atoms with Gasteiger partial charge in [0.05, 0.1) is 12.2 Å². The minimum Gasteiger partial charge on any atom is -0.372 e. The van der Waals surface area contributed by atoms with E-state index < -0.39 is 0 Å². The van der Waals surface area contributed by atoms with Crippen LogP contribution in [0.2, 0.25) is 5.02 Å². The Bertz CT molecular complexity index is 941. The van der Waals surface area contributed by atoms with Gasteiger partial charge in [-0.2, -0.15) is 0 Å². The third-order valence-corrected chi connectivity index (χ3v) is 4.98. The summed E-state index contributed by atoms with van der Waals surface area (Å²) in [4.78, 5) is 18.5. The highest BCUT2D eigenvalue weighted by molar-refractivity contribution is 6.31. The number of aromatic nitrogens is 1. The summed E-state index contributed by atoms with van der Waals surface area (Å²) < 4.78 is 5.77. The molecule has 0 aliphatic carbocycles. The molecule has 2 aromatic carbocycles. The second-order valence-corrected chi connectivity index (χ2v) is 7.33. The van der Waals surface area contributed by atoms with Crippen LogP contribution in [0, 0.1) is 0 Å². The SMILES string of the molecule is C[C@@H]1CN(C(=O)c2[nH]c3ccc(Cl)cc3c2-c2ccccc2)C[C@H](C)O1. The Balaban J connectivity index is 1.85. The highest BCUT2D eigenvalue weighted by atomic mass is 35.5. The maximum atomic E-state index is 13.3. The zero-order valence-corrected chi connectivity index (χ0v) is 15.6. The molecule has 1 saturated heterocycles. The van der Waals surface area contributed by atoms with E-state index in [1.807, 2.05) is 67.3 Å². The largest absolute Gasteiger partial charge is 0.372 e. The first-order chi connectivity index (χ1) is 12.5. The fourth-order valence-corrected chi connectivity index (χ4v) is 3.90. The van der Waals surface area contributed by atoms with E-state index in [1.54, 1.807) is 0 Å². The van der Waals surface area contributed by atoms with Crippen LogP contribution < -0.4 is 0 Å². The van der Waals surface area contributed by atoms with Crippen LogP contribution in [0.4, 0.5) is 0 Å². The number of nitrogens with zero attached hydrogens (tertiary/aromatic N) is 1. The van der Waals surface area contributed by atoms with Crippen molar-refractivity contribution in [1.82, 2.24) is 9.88 Å². The molecule has 4 rings (SSSR count). The molecule has 26 heavy (non-hydrogen) atoms. The molecule has 0 saturated carbocycles. The number of nitrogens with one attached hydrogen (secondary N) is 1. The van der Waals surface area contributed by atoms with Crippen molar-refractivity contribution in [1.29, 1.82) is 0 Å². The zero-order chi connectivity index (χ0) is 18.3. The average molecular weight is 369 g/mol. The van der Waals surface area contributed by atoms with Gasteiger partial charge >= 0.3 is 0 Å². The number of benzene rings is 2. The zero-order valence-electron chi connectivity index (χ0n) is 14.8. The van der Waals surface area contributed by atoms with Crippen LogP contribution in [0.3, 0.4) is 0 Å². The quantitative estimate of drug-likeness (QED) is 0.710. The lowest BCUT2D eigenvalue weighted by Gasteiger charge is -2.35. The first-order valence-electron chi connectivity index (χ1n) is 8.84. The maximum absolute atomic E-state index is 13.3. The van der Waals surface area contributed by atoms with E-state index in [-0.39, 0.29) is 18.1 Å². The molecule has 1 aliphatic rings. The van der Waals surface area contributed by atoms with E-state index in [0.717, 1.165) is 22.0 Å². The van der Waals surface area contributed by atoms with E-state index >= 15 is 0 Å². The number of amides is 1.